The summed E-state index contributed by atoms with van der Waals surface area (Å²) < 4.78 is 2.11. The minimum atomic E-state index is 0.240. The monoisotopic (exact) mass is 279 g/mol. The molecule has 1 fully saturated rings. The van der Waals surface area contributed by atoms with Crippen LogP contribution in [-0.4, -0.2) is 39.0 Å². The van der Waals surface area contributed by atoms with E-state index in [2.05, 4.69) is 35.7 Å². The van der Waals surface area contributed by atoms with Crippen molar-refractivity contribution >= 4 is 0 Å². The van der Waals surface area contributed by atoms with Gasteiger partial charge in [0.05, 0.1) is 18.3 Å². The molecule has 0 radical (unpaired) electrons. The molecule has 1 aromatic heterocycles. The Morgan fingerprint density at radius 3 is 2.65 bits per heavy atom. The molecule has 0 unspecified atom stereocenters. The fourth-order valence-corrected chi connectivity index (χ4v) is 3.32. The molecular weight excluding hydrogens is 250 g/mol. The highest BCUT2D eigenvalue weighted by atomic mass is 16.3. The minimum absolute atomic E-state index is 0.240. The second-order valence-electron chi connectivity index (χ2n) is 5.89. The van der Waals surface area contributed by atoms with E-state index in [1.165, 1.54) is 25.7 Å². The second-order valence-corrected chi connectivity index (χ2v) is 5.89. The van der Waals surface area contributed by atoms with Crippen LogP contribution in [0.5, 0.6) is 0 Å². The van der Waals surface area contributed by atoms with Crippen molar-refractivity contribution in [2.75, 3.05) is 13.2 Å². The van der Waals surface area contributed by atoms with Gasteiger partial charge in [0.1, 0.15) is 0 Å². The van der Waals surface area contributed by atoms with Crippen molar-refractivity contribution in [2.45, 2.75) is 71.0 Å². The van der Waals surface area contributed by atoms with Gasteiger partial charge in [-0.25, -0.2) is 0 Å². The normalized spacial score (nSPS) is 16.6. The SMILES string of the molecule is CCC(CC)n1ccc(CN(CCO)C2CCCC2)n1. The van der Waals surface area contributed by atoms with Gasteiger partial charge in [0.25, 0.3) is 0 Å². The van der Waals surface area contributed by atoms with Crippen LogP contribution in [0.4, 0.5) is 0 Å². The molecule has 1 N–H and O–H groups in total. The molecule has 0 aromatic carbocycles. The fourth-order valence-electron chi connectivity index (χ4n) is 3.32. The van der Waals surface area contributed by atoms with Crippen LogP contribution < -0.4 is 0 Å². The second kappa shape index (κ2) is 7.79. The first-order chi connectivity index (χ1) is 9.78. The highest BCUT2D eigenvalue weighted by Gasteiger charge is 2.23. The topological polar surface area (TPSA) is 41.3 Å². The molecule has 1 aliphatic rings. The lowest BCUT2D eigenvalue weighted by atomic mass is 10.2. The van der Waals surface area contributed by atoms with Crippen molar-refractivity contribution in [2.24, 2.45) is 0 Å². The zero-order valence-corrected chi connectivity index (χ0v) is 13.0. The van der Waals surface area contributed by atoms with Crippen LogP contribution in [0.2, 0.25) is 0 Å². The molecule has 1 heterocycles. The summed E-state index contributed by atoms with van der Waals surface area (Å²) in [6.07, 6.45) is 9.56. The summed E-state index contributed by atoms with van der Waals surface area (Å²) in [6, 6.07) is 3.29. The molecule has 4 heteroatoms. The van der Waals surface area contributed by atoms with Crippen LogP contribution >= 0.6 is 0 Å². The standard InChI is InChI=1S/C16H29N3O/c1-3-15(4-2)19-10-9-14(17-19)13-18(11-12-20)16-7-5-6-8-16/h9-10,15-16,20H,3-8,11-13H2,1-2H3. The Morgan fingerprint density at radius 2 is 2.05 bits per heavy atom. The Morgan fingerprint density at radius 1 is 1.35 bits per heavy atom. The van der Waals surface area contributed by atoms with Gasteiger partial charge >= 0.3 is 0 Å². The average Bonchev–Trinajstić information content (AvgIpc) is 3.11. The molecule has 1 aromatic rings. The van der Waals surface area contributed by atoms with Gasteiger partial charge in [0.15, 0.2) is 0 Å². The van der Waals surface area contributed by atoms with Gasteiger partial charge in [0.2, 0.25) is 0 Å². The summed E-state index contributed by atoms with van der Waals surface area (Å²) in [7, 11) is 0. The average molecular weight is 279 g/mol. The van der Waals surface area contributed by atoms with Crippen LogP contribution in [-0.2, 0) is 6.54 Å². The molecular formula is C16H29N3O. The number of aliphatic hydroxyl groups excluding tert-OH is 1. The number of hydrogen-bond donors (Lipinski definition) is 1. The van der Waals surface area contributed by atoms with Crippen LogP contribution in [0.3, 0.4) is 0 Å². The van der Waals surface area contributed by atoms with Crippen LogP contribution in [0, 0.1) is 0 Å². The van der Waals surface area contributed by atoms with Gasteiger partial charge in [-0.2, -0.15) is 5.10 Å². The fraction of sp³-hybridized carbons (Fsp3) is 0.812. The lowest BCUT2D eigenvalue weighted by Crippen LogP contribution is -2.35. The van der Waals surface area contributed by atoms with Crippen molar-refractivity contribution in [3.63, 3.8) is 0 Å². The predicted octanol–water partition coefficient (Wildman–Crippen LogP) is 2.98. The van der Waals surface area contributed by atoms with Crippen molar-refractivity contribution in [1.29, 1.82) is 0 Å². The third kappa shape index (κ3) is 3.83. The van der Waals surface area contributed by atoms with Gasteiger partial charge in [-0.15, -0.1) is 0 Å². The first kappa shape index (κ1) is 15.5. The van der Waals surface area contributed by atoms with Crippen molar-refractivity contribution in [3.05, 3.63) is 18.0 Å². The molecule has 2 rings (SSSR count). The smallest absolute Gasteiger partial charge is 0.0765 e. The predicted molar refractivity (Wildman–Crippen MR) is 81.6 cm³/mol. The molecule has 1 saturated carbocycles. The maximum absolute atomic E-state index is 9.28. The quantitative estimate of drug-likeness (QED) is 0.795. The Labute approximate surface area is 122 Å². The summed E-state index contributed by atoms with van der Waals surface area (Å²) in [5, 5.41) is 14.0. The Hall–Kier alpha value is -0.870. The number of nitrogens with zero attached hydrogens (tertiary/aromatic N) is 3. The highest BCUT2D eigenvalue weighted by Crippen LogP contribution is 2.24. The number of aliphatic hydroxyl groups is 1. The van der Waals surface area contributed by atoms with Gasteiger partial charge in [-0.3, -0.25) is 9.58 Å². The molecule has 0 spiro atoms. The molecule has 1 aliphatic carbocycles. The molecule has 0 amide bonds. The Kier molecular flexibility index (Phi) is 6.05. The lowest BCUT2D eigenvalue weighted by molar-refractivity contribution is 0.143. The number of rotatable bonds is 8. The third-order valence-electron chi connectivity index (χ3n) is 4.57. The number of hydrogen-bond acceptors (Lipinski definition) is 3. The molecule has 20 heavy (non-hydrogen) atoms. The maximum Gasteiger partial charge on any atom is 0.0765 e. The zero-order valence-electron chi connectivity index (χ0n) is 13.0. The van der Waals surface area contributed by atoms with Crippen LogP contribution in [0.1, 0.15) is 64.1 Å². The van der Waals surface area contributed by atoms with E-state index >= 15 is 0 Å². The summed E-state index contributed by atoms with van der Waals surface area (Å²) in [5.74, 6) is 0. The Balaban J connectivity index is 1.99. The first-order valence-corrected chi connectivity index (χ1v) is 8.17. The zero-order chi connectivity index (χ0) is 14.4. The van der Waals surface area contributed by atoms with Gasteiger partial charge in [-0.1, -0.05) is 26.7 Å². The van der Waals surface area contributed by atoms with Gasteiger partial charge in [0, 0.05) is 25.3 Å². The molecule has 0 bridgehead atoms. The summed E-state index contributed by atoms with van der Waals surface area (Å²) in [5.41, 5.74) is 1.14. The van der Waals surface area contributed by atoms with E-state index in [1.807, 2.05) is 0 Å². The molecule has 114 valence electrons. The van der Waals surface area contributed by atoms with E-state index in [4.69, 9.17) is 5.10 Å². The lowest BCUT2D eigenvalue weighted by Gasteiger charge is -2.27. The molecule has 4 nitrogen and oxygen atoms in total. The molecule has 0 aliphatic heterocycles. The highest BCUT2D eigenvalue weighted by molar-refractivity contribution is 5.00. The Bertz CT molecular complexity index is 381. The minimum Gasteiger partial charge on any atom is -0.395 e. The molecule has 0 saturated heterocycles. The van der Waals surface area contributed by atoms with Crippen LogP contribution in [0.15, 0.2) is 12.3 Å². The maximum atomic E-state index is 9.28. The summed E-state index contributed by atoms with van der Waals surface area (Å²) in [4.78, 5) is 2.41. The third-order valence-corrected chi connectivity index (χ3v) is 4.57. The summed E-state index contributed by atoms with van der Waals surface area (Å²) >= 11 is 0. The van der Waals surface area contributed by atoms with E-state index in [9.17, 15) is 5.11 Å². The van der Waals surface area contributed by atoms with E-state index < -0.39 is 0 Å². The van der Waals surface area contributed by atoms with E-state index in [1.54, 1.807) is 0 Å². The van der Waals surface area contributed by atoms with Crippen LogP contribution in [0.25, 0.3) is 0 Å². The first-order valence-electron chi connectivity index (χ1n) is 8.17. The summed E-state index contributed by atoms with van der Waals surface area (Å²) in [6.45, 7) is 6.31. The van der Waals surface area contributed by atoms with Gasteiger partial charge < -0.3 is 5.11 Å². The van der Waals surface area contributed by atoms with E-state index in [0.717, 1.165) is 31.6 Å². The van der Waals surface area contributed by atoms with Crippen molar-refractivity contribution < 1.29 is 5.11 Å². The van der Waals surface area contributed by atoms with Crippen molar-refractivity contribution in [3.8, 4) is 0 Å². The van der Waals surface area contributed by atoms with E-state index in [-0.39, 0.29) is 6.61 Å². The van der Waals surface area contributed by atoms with Crippen molar-refractivity contribution in [1.82, 2.24) is 14.7 Å². The number of aromatic nitrogens is 2. The van der Waals surface area contributed by atoms with Gasteiger partial charge in [-0.05, 0) is 31.7 Å². The molecule has 0 atom stereocenters. The van der Waals surface area contributed by atoms with E-state index in [0.29, 0.717) is 12.1 Å². The largest absolute Gasteiger partial charge is 0.395 e.